The maximum atomic E-state index is 13.2. The van der Waals surface area contributed by atoms with Crippen molar-refractivity contribution in [3.63, 3.8) is 0 Å². The molecule has 0 saturated carbocycles. The van der Waals surface area contributed by atoms with Crippen LogP contribution in [0.15, 0.2) is 36.7 Å². The van der Waals surface area contributed by atoms with Crippen LogP contribution in [0.4, 0.5) is 5.69 Å². The molecule has 7 nitrogen and oxygen atoms in total. The van der Waals surface area contributed by atoms with Gasteiger partial charge in [-0.15, -0.1) is 0 Å². The lowest BCUT2D eigenvalue weighted by Gasteiger charge is -2.16. The van der Waals surface area contributed by atoms with E-state index >= 15 is 0 Å². The second-order valence-corrected chi connectivity index (χ2v) is 6.72. The molecule has 3 N–H and O–H groups in total. The van der Waals surface area contributed by atoms with Crippen molar-refractivity contribution in [3.8, 4) is 0 Å². The Bertz CT molecular complexity index is 929. The highest BCUT2D eigenvalue weighted by Gasteiger charge is 2.31. The minimum absolute atomic E-state index is 0.0675. The summed E-state index contributed by atoms with van der Waals surface area (Å²) < 4.78 is 7.28. The molecule has 3 aromatic rings. The van der Waals surface area contributed by atoms with Gasteiger partial charge >= 0.3 is 0 Å². The van der Waals surface area contributed by atoms with E-state index in [1.165, 1.54) is 0 Å². The maximum absolute atomic E-state index is 13.2. The summed E-state index contributed by atoms with van der Waals surface area (Å²) in [6, 6.07) is 8.01. The van der Waals surface area contributed by atoms with Gasteiger partial charge in [-0.05, 0) is 12.5 Å². The van der Waals surface area contributed by atoms with Gasteiger partial charge in [0.25, 0.3) is 5.91 Å². The number of hydrogen-bond acceptors (Lipinski definition) is 4. The van der Waals surface area contributed by atoms with E-state index < -0.39 is 0 Å². The molecule has 4 rings (SSSR count). The number of nitrogens with zero attached hydrogens (tertiary/aromatic N) is 3. The third-order valence-corrected chi connectivity index (χ3v) is 5.14. The zero-order chi connectivity index (χ0) is 18.1. The predicted molar refractivity (Wildman–Crippen MR) is 100 cm³/mol. The van der Waals surface area contributed by atoms with Crippen LogP contribution >= 0.6 is 0 Å². The monoisotopic (exact) mass is 353 g/mol. The Morgan fingerprint density at radius 1 is 1.42 bits per heavy atom. The number of para-hydroxylation sites is 1. The number of aromatic amines is 1. The minimum atomic E-state index is 0.0675. The highest BCUT2D eigenvalue weighted by Crippen LogP contribution is 2.31. The second-order valence-electron chi connectivity index (χ2n) is 6.72. The second kappa shape index (κ2) is 6.84. The molecule has 1 aliphatic rings. The van der Waals surface area contributed by atoms with E-state index in [4.69, 9.17) is 10.5 Å². The van der Waals surface area contributed by atoms with E-state index in [0.717, 1.165) is 41.7 Å². The van der Waals surface area contributed by atoms with Crippen molar-refractivity contribution >= 4 is 22.5 Å². The number of H-pyrrole nitrogens is 1. The molecule has 0 aliphatic carbocycles. The number of fused-ring (bicyclic) bond motifs is 1. The number of carbonyl (C=O) groups is 1. The zero-order valence-corrected chi connectivity index (χ0v) is 14.8. The van der Waals surface area contributed by atoms with E-state index in [2.05, 4.69) is 14.8 Å². The van der Waals surface area contributed by atoms with E-state index in [1.54, 1.807) is 13.3 Å². The first-order chi connectivity index (χ1) is 12.7. The summed E-state index contributed by atoms with van der Waals surface area (Å²) in [5.41, 5.74) is 9.37. The molecule has 1 saturated heterocycles. The molecule has 1 aromatic carbocycles. The minimum Gasteiger partial charge on any atom is -0.396 e. The first kappa shape index (κ1) is 16.7. The van der Waals surface area contributed by atoms with Gasteiger partial charge in [0.15, 0.2) is 0 Å². The van der Waals surface area contributed by atoms with E-state index in [0.29, 0.717) is 18.8 Å². The molecular formula is C19H23N5O2. The van der Waals surface area contributed by atoms with Crippen LogP contribution in [0.25, 0.3) is 10.9 Å². The standard InChI is InChI=1S/C19H23N5O2/c1-26-9-8-23-12-15(14-4-2-3-5-17(14)23)19(25)24-7-6-13(11-24)18-16(20)10-21-22-18/h2-5,10,12-13H,6-9,11,20H2,1H3,(H,21,22). The van der Waals surface area contributed by atoms with Gasteiger partial charge in [-0.3, -0.25) is 9.89 Å². The van der Waals surface area contributed by atoms with Crippen LogP contribution in [0.5, 0.6) is 0 Å². The number of ether oxygens (including phenoxy) is 1. The fourth-order valence-electron chi connectivity index (χ4n) is 3.77. The number of rotatable bonds is 5. The molecule has 0 spiro atoms. The molecule has 3 heterocycles. The molecule has 0 radical (unpaired) electrons. The first-order valence-electron chi connectivity index (χ1n) is 8.84. The number of likely N-dealkylation sites (tertiary alicyclic amines) is 1. The largest absolute Gasteiger partial charge is 0.396 e. The van der Waals surface area contributed by atoms with Gasteiger partial charge in [0.2, 0.25) is 0 Å². The molecule has 1 aliphatic heterocycles. The summed E-state index contributed by atoms with van der Waals surface area (Å²) >= 11 is 0. The summed E-state index contributed by atoms with van der Waals surface area (Å²) in [5, 5.41) is 7.96. The van der Waals surface area contributed by atoms with Gasteiger partial charge in [0.05, 0.1) is 29.7 Å². The lowest BCUT2D eigenvalue weighted by molar-refractivity contribution is 0.0792. The van der Waals surface area contributed by atoms with Crippen LogP contribution in [0.3, 0.4) is 0 Å². The highest BCUT2D eigenvalue weighted by molar-refractivity contribution is 6.07. The van der Waals surface area contributed by atoms with Gasteiger partial charge in [0.1, 0.15) is 0 Å². The van der Waals surface area contributed by atoms with Gasteiger partial charge in [0, 0.05) is 49.8 Å². The lowest BCUT2D eigenvalue weighted by atomic mass is 10.0. The Balaban J connectivity index is 1.60. The normalized spacial score (nSPS) is 17.3. The van der Waals surface area contributed by atoms with Gasteiger partial charge < -0.3 is 19.9 Å². The van der Waals surface area contributed by atoms with Crippen molar-refractivity contribution < 1.29 is 9.53 Å². The molecule has 136 valence electrons. The van der Waals surface area contributed by atoms with Crippen LogP contribution < -0.4 is 5.73 Å². The maximum Gasteiger partial charge on any atom is 0.256 e. The van der Waals surface area contributed by atoms with Crippen molar-refractivity contribution in [2.24, 2.45) is 0 Å². The van der Waals surface area contributed by atoms with Crippen LogP contribution in [0.2, 0.25) is 0 Å². The van der Waals surface area contributed by atoms with Crippen molar-refractivity contribution in [1.82, 2.24) is 19.7 Å². The number of hydrogen-bond donors (Lipinski definition) is 2. The molecule has 2 aromatic heterocycles. The third-order valence-electron chi connectivity index (χ3n) is 5.14. The Hall–Kier alpha value is -2.80. The van der Waals surface area contributed by atoms with Crippen LogP contribution in [-0.2, 0) is 11.3 Å². The number of aromatic nitrogens is 3. The smallest absolute Gasteiger partial charge is 0.256 e. The first-order valence-corrected chi connectivity index (χ1v) is 8.84. The summed E-state index contributed by atoms with van der Waals surface area (Å²) in [4.78, 5) is 15.1. The number of nitrogen functional groups attached to an aromatic ring is 1. The fraction of sp³-hybridized carbons (Fsp3) is 0.368. The molecular weight excluding hydrogens is 330 g/mol. The zero-order valence-electron chi connectivity index (χ0n) is 14.8. The van der Waals surface area contributed by atoms with Gasteiger partial charge in [-0.25, -0.2) is 0 Å². The van der Waals surface area contributed by atoms with Gasteiger partial charge in [-0.2, -0.15) is 5.10 Å². The van der Waals surface area contributed by atoms with Gasteiger partial charge in [-0.1, -0.05) is 18.2 Å². The van der Waals surface area contributed by atoms with Crippen molar-refractivity contribution in [2.75, 3.05) is 32.5 Å². The topological polar surface area (TPSA) is 89.2 Å². The number of benzene rings is 1. The number of carbonyl (C=O) groups excluding carboxylic acids is 1. The average molecular weight is 353 g/mol. The third kappa shape index (κ3) is 2.84. The summed E-state index contributed by atoms with van der Waals surface area (Å²) in [6.45, 7) is 2.71. The van der Waals surface area contributed by atoms with Crippen LogP contribution in [0.1, 0.15) is 28.4 Å². The molecule has 7 heteroatoms. The molecule has 1 fully saturated rings. The lowest BCUT2D eigenvalue weighted by Crippen LogP contribution is -2.28. The fourth-order valence-corrected chi connectivity index (χ4v) is 3.77. The Labute approximate surface area is 151 Å². The molecule has 0 bridgehead atoms. The number of nitrogens with two attached hydrogens (primary N) is 1. The van der Waals surface area contributed by atoms with E-state index in [1.807, 2.05) is 35.4 Å². The molecule has 1 atom stereocenters. The number of amides is 1. The summed E-state index contributed by atoms with van der Waals surface area (Å²) in [7, 11) is 1.68. The molecule has 1 amide bonds. The van der Waals surface area contributed by atoms with Crippen LogP contribution in [0, 0.1) is 0 Å². The van der Waals surface area contributed by atoms with E-state index in [9.17, 15) is 4.79 Å². The Morgan fingerprint density at radius 2 is 2.27 bits per heavy atom. The molecule has 1 unspecified atom stereocenters. The number of nitrogens with one attached hydrogen (secondary N) is 1. The Kier molecular flexibility index (Phi) is 4.38. The van der Waals surface area contributed by atoms with E-state index in [-0.39, 0.29) is 11.8 Å². The average Bonchev–Trinajstić information content (AvgIpc) is 3.37. The van der Waals surface area contributed by atoms with Crippen molar-refractivity contribution in [2.45, 2.75) is 18.9 Å². The highest BCUT2D eigenvalue weighted by atomic mass is 16.5. The summed E-state index contributed by atoms with van der Waals surface area (Å²) in [6.07, 6.45) is 4.47. The summed E-state index contributed by atoms with van der Waals surface area (Å²) in [5.74, 6) is 0.279. The van der Waals surface area contributed by atoms with Crippen LogP contribution in [-0.4, -0.2) is 52.4 Å². The predicted octanol–water partition coefficient (Wildman–Crippen LogP) is 2.22. The number of anilines is 1. The Morgan fingerprint density at radius 3 is 3.04 bits per heavy atom. The number of methoxy groups -OCH3 is 1. The molecule has 26 heavy (non-hydrogen) atoms. The quantitative estimate of drug-likeness (QED) is 0.736. The van der Waals surface area contributed by atoms with Crippen molar-refractivity contribution in [1.29, 1.82) is 0 Å². The van der Waals surface area contributed by atoms with Crippen molar-refractivity contribution in [3.05, 3.63) is 47.9 Å². The SMILES string of the molecule is COCCn1cc(C(=O)N2CCC(c3[nH]ncc3N)C2)c2ccccc21.